The molecular formula is C8H10O5. The summed E-state index contributed by atoms with van der Waals surface area (Å²) in [7, 11) is 0. The topological polar surface area (TPSA) is 94.8 Å². The maximum atomic E-state index is 10.7. The number of aliphatic hydroxyl groups excluding tert-OH is 1. The van der Waals surface area contributed by atoms with Gasteiger partial charge in [0.2, 0.25) is 0 Å². The number of rotatable bonds is 2. The molecule has 13 heavy (non-hydrogen) atoms. The number of hydrogen-bond acceptors (Lipinski definition) is 4. The van der Waals surface area contributed by atoms with Crippen molar-refractivity contribution >= 4 is 11.8 Å². The molecule has 0 heterocycles. The Morgan fingerprint density at radius 2 is 2.31 bits per heavy atom. The molecule has 0 unspecified atom stereocenters. The molecule has 0 aliphatic heterocycles. The van der Waals surface area contributed by atoms with Gasteiger partial charge in [-0.3, -0.25) is 9.59 Å². The number of aliphatic hydroxyl groups is 2. The smallest absolute Gasteiger partial charge is 0.306 e. The Morgan fingerprint density at radius 3 is 2.77 bits per heavy atom. The molecule has 0 amide bonds. The molecule has 0 fully saturated rings. The molecule has 1 rings (SSSR count). The first kappa shape index (κ1) is 9.88. The molecule has 0 bridgehead atoms. The Balaban J connectivity index is 2.83. The number of allylic oxidation sites excluding steroid dienone is 1. The van der Waals surface area contributed by atoms with Gasteiger partial charge >= 0.3 is 5.97 Å². The summed E-state index contributed by atoms with van der Waals surface area (Å²) in [6, 6.07) is 0. The van der Waals surface area contributed by atoms with Crippen LogP contribution < -0.4 is 0 Å². The number of carboxylic acids is 1. The second kappa shape index (κ2) is 3.27. The Labute approximate surface area is 74.3 Å². The van der Waals surface area contributed by atoms with Gasteiger partial charge in [-0.05, 0) is 12.2 Å². The lowest BCUT2D eigenvalue weighted by atomic mass is 9.85. The van der Waals surface area contributed by atoms with Crippen LogP contribution in [0.15, 0.2) is 12.2 Å². The van der Waals surface area contributed by atoms with Crippen molar-refractivity contribution < 1.29 is 24.9 Å². The van der Waals surface area contributed by atoms with Crippen molar-refractivity contribution in [3.05, 3.63) is 12.2 Å². The van der Waals surface area contributed by atoms with Gasteiger partial charge in [0, 0.05) is 6.42 Å². The molecule has 72 valence electrons. The fourth-order valence-electron chi connectivity index (χ4n) is 1.20. The van der Waals surface area contributed by atoms with E-state index >= 15 is 0 Å². The summed E-state index contributed by atoms with van der Waals surface area (Å²) in [5.41, 5.74) is -1.81. The first-order valence-corrected chi connectivity index (χ1v) is 3.78. The zero-order chi connectivity index (χ0) is 10.1. The minimum atomic E-state index is -1.81. The van der Waals surface area contributed by atoms with Gasteiger partial charge in [0.25, 0.3) is 0 Å². The summed E-state index contributed by atoms with van der Waals surface area (Å²) in [6.45, 7) is 0. The van der Waals surface area contributed by atoms with Crippen molar-refractivity contribution in [3.8, 4) is 0 Å². The van der Waals surface area contributed by atoms with Crippen molar-refractivity contribution in [3.63, 3.8) is 0 Å². The molecule has 5 nitrogen and oxygen atoms in total. The third-order valence-corrected chi connectivity index (χ3v) is 1.96. The number of carboxylic acid groups (broad SMARTS) is 1. The standard InChI is InChI=1S/C8H10O5/c9-5-1-2-8(13,4-7(11)12)6(10)3-5/h1-2,6,10,13H,3-4H2,(H,11,12)/t6-,8-/m1/s1. The van der Waals surface area contributed by atoms with Crippen LogP contribution in [0.2, 0.25) is 0 Å². The predicted octanol–water partition coefficient (Wildman–Crippen LogP) is -0.918. The molecule has 0 saturated heterocycles. The lowest BCUT2D eigenvalue weighted by Gasteiger charge is -2.30. The van der Waals surface area contributed by atoms with Gasteiger partial charge in [-0.15, -0.1) is 0 Å². The number of aliphatic carboxylic acids is 1. The van der Waals surface area contributed by atoms with Crippen LogP contribution in [-0.2, 0) is 9.59 Å². The highest BCUT2D eigenvalue weighted by atomic mass is 16.4. The minimum Gasteiger partial charge on any atom is -0.481 e. The summed E-state index contributed by atoms with van der Waals surface area (Å²) in [4.78, 5) is 21.1. The van der Waals surface area contributed by atoms with Gasteiger partial charge in [0.15, 0.2) is 5.78 Å². The van der Waals surface area contributed by atoms with Crippen LogP contribution in [0.25, 0.3) is 0 Å². The Hall–Kier alpha value is -1.20. The molecular weight excluding hydrogens is 176 g/mol. The van der Waals surface area contributed by atoms with E-state index in [1.54, 1.807) is 0 Å². The fraction of sp³-hybridized carbons (Fsp3) is 0.500. The van der Waals surface area contributed by atoms with E-state index in [2.05, 4.69) is 0 Å². The Bertz CT molecular complexity index is 270. The lowest BCUT2D eigenvalue weighted by Crippen LogP contribution is -2.45. The van der Waals surface area contributed by atoms with Gasteiger partial charge in [-0.2, -0.15) is 0 Å². The molecule has 3 N–H and O–H groups in total. The number of carbonyl (C=O) groups is 2. The molecule has 0 aromatic heterocycles. The third kappa shape index (κ3) is 2.13. The first-order valence-electron chi connectivity index (χ1n) is 3.78. The highest BCUT2D eigenvalue weighted by Gasteiger charge is 2.39. The summed E-state index contributed by atoms with van der Waals surface area (Å²) in [5.74, 6) is -1.54. The largest absolute Gasteiger partial charge is 0.481 e. The fourth-order valence-corrected chi connectivity index (χ4v) is 1.20. The van der Waals surface area contributed by atoms with E-state index < -0.39 is 24.1 Å². The monoisotopic (exact) mass is 186 g/mol. The van der Waals surface area contributed by atoms with Gasteiger partial charge in [0.1, 0.15) is 5.60 Å². The highest BCUT2D eigenvalue weighted by molar-refractivity contribution is 5.91. The molecule has 0 radical (unpaired) electrons. The highest BCUT2D eigenvalue weighted by Crippen LogP contribution is 2.24. The lowest BCUT2D eigenvalue weighted by molar-refractivity contribution is -0.147. The molecule has 0 spiro atoms. The zero-order valence-electron chi connectivity index (χ0n) is 6.80. The van der Waals surface area contributed by atoms with Crippen LogP contribution >= 0.6 is 0 Å². The summed E-state index contributed by atoms with van der Waals surface area (Å²) in [6.07, 6.45) is -0.0352. The Morgan fingerprint density at radius 1 is 1.69 bits per heavy atom. The molecule has 0 aromatic rings. The van der Waals surface area contributed by atoms with E-state index in [0.717, 1.165) is 12.2 Å². The van der Waals surface area contributed by atoms with Crippen molar-refractivity contribution in [2.24, 2.45) is 0 Å². The summed E-state index contributed by atoms with van der Waals surface area (Å²) in [5, 5.41) is 27.2. The minimum absolute atomic E-state index is 0.236. The molecule has 2 atom stereocenters. The molecule has 0 aromatic carbocycles. The van der Waals surface area contributed by atoms with Crippen LogP contribution in [0.3, 0.4) is 0 Å². The second-order valence-electron chi connectivity index (χ2n) is 3.08. The van der Waals surface area contributed by atoms with Crippen LogP contribution in [0.4, 0.5) is 0 Å². The maximum Gasteiger partial charge on any atom is 0.306 e. The number of ketones is 1. The van der Waals surface area contributed by atoms with Crippen LogP contribution in [0.1, 0.15) is 12.8 Å². The van der Waals surface area contributed by atoms with E-state index in [1.807, 2.05) is 0 Å². The average Bonchev–Trinajstić information content (AvgIpc) is 1.97. The third-order valence-electron chi connectivity index (χ3n) is 1.96. The van der Waals surface area contributed by atoms with Crippen molar-refractivity contribution in [1.82, 2.24) is 0 Å². The van der Waals surface area contributed by atoms with Crippen molar-refractivity contribution in [2.45, 2.75) is 24.5 Å². The van der Waals surface area contributed by atoms with E-state index in [-0.39, 0.29) is 12.2 Å². The molecule has 0 saturated carbocycles. The van der Waals surface area contributed by atoms with Crippen molar-refractivity contribution in [1.29, 1.82) is 0 Å². The van der Waals surface area contributed by atoms with Crippen molar-refractivity contribution in [2.75, 3.05) is 0 Å². The van der Waals surface area contributed by atoms with E-state index in [0.29, 0.717) is 0 Å². The van der Waals surface area contributed by atoms with Gasteiger partial charge < -0.3 is 15.3 Å². The van der Waals surface area contributed by atoms with E-state index in [4.69, 9.17) is 5.11 Å². The SMILES string of the molecule is O=C(O)C[C@]1(O)C=CC(=O)C[C@H]1O. The quantitative estimate of drug-likeness (QED) is 0.518. The summed E-state index contributed by atoms with van der Waals surface area (Å²) >= 11 is 0. The van der Waals surface area contributed by atoms with Crippen LogP contribution in [0.5, 0.6) is 0 Å². The summed E-state index contributed by atoms with van der Waals surface area (Å²) < 4.78 is 0. The predicted molar refractivity (Wildman–Crippen MR) is 42.0 cm³/mol. The molecule has 1 aliphatic carbocycles. The second-order valence-corrected chi connectivity index (χ2v) is 3.08. The number of hydrogen-bond donors (Lipinski definition) is 3. The van der Waals surface area contributed by atoms with Gasteiger partial charge in [0.05, 0.1) is 12.5 Å². The first-order chi connectivity index (χ1) is 5.94. The maximum absolute atomic E-state index is 10.7. The average molecular weight is 186 g/mol. The zero-order valence-corrected chi connectivity index (χ0v) is 6.80. The molecule has 1 aliphatic rings. The number of carbonyl (C=O) groups excluding carboxylic acids is 1. The van der Waals surface area contributed by atoms with Crippen LogP contribution in [0, 0.1) is 0 Å². The van der Waals surface area contributed by atoms with Gasteiger partial charge in [-0.25, -0.2) is 0 Å². The Kier molecular flexibility index (Phi) is 2.49. The molecule has 5 heteroatoms. The van der Waals surface area contributed by atoms with Gasteiger partial charge in [-0.1, -0.05) is 0 Å². The van der Waals surface area contributed by atoms with Crippen LogP contribution in [-0.4, -0.2) is 38.8 Å². The normalized spacial score (nSPS) is 33.4. The van der Waals surface area contributed by atoms with E-state index in [1.165, 1.54) is 0 Å². The van der Waals surface area contributed by atoms with E-state index in [9.17, 15) is 19.8 Å².